The van der Waals surface area contributed by atoms with Gasteiger partial charge in [-0.05, 0) is 37.5 Å². The van der Waals surface area contributed by atoms with E-state index in [1.54, 1.807) is 6.92 Å². The first-order chi connectivity index (χ1) is 8.66. The van der Waals surface area contributed by atoms with Crippen molar-refractivity contribution < 1.29 is 4.79 Å². The van der Waals surface area contributed by atoms with Crippen LogP contribution in [0.3, 0.4) is 0 Å². The van der Waals surface area contributed by atoms with Gasteiger partial charge in [-0.15, -0.1) is 0 Å². The number of hydrogen-bond acceptors (Lipinski definition) is 3. The Balaban J connectivity index is 1.83. The molecule has 0 unspecified atom stereocenters. The maximum Gasteiger partial charge on any atom is 0.219 e. The van der Waals surface area contributed by atoms with Crippen LogP contribution < -0.4 is 5.32 Å². The number of amides is 1. The van der Waals surface area contributed by atoms with E-state index < -0.39 is 0 Å². The molecule has 98 valence electrons. The number of aromatic nitrogens is 1. The van der Waals surface area contributed by atoms with Gasteiger partial charge in [0.15, 0.2) is 0 Å². The first-order valence-corrected chi connectivity index (χ1v) is 6.58. The van der Waals surface area contributed by atoms with E-state index in [1.165, 1.54) is 5.56 Å². The van der Waals surface area contributed by atoms with E-state index >= 15 is 0 Å². The molecule has 1 amide bonds. The molecule has 2 heterocycles. The van der Waals surface area contributed by atoms with Crippen molar-refractivity contribution in [2.24, 2.45) is 0 Å². The van der Waals surface area contributed by atoms with Gasteiger partial charge >= 0.3 is 0 Å². The number of pyridine rings is 1. The average molecular weight is 247 g/mol. The summed E-state index contributed by atoms with van der Waals surface area (Å²) in [4.78, 5) is 17.2. The van der Waals surface area contributed by atoms with Crippen LogP contribution in [0.5, 0.6) is 0 Å². The average Bonchev–Trinajstić information content (AvgIpc) is 2.40. The highest BCUT2D eigenvalue weighted by Gasteiger charge is 2.21. The Hall–Kier alpha value is -1.42. The van der Waals surface area contributed by atoms with E-state index in [9.17, 15) is 4.79 Å². The Morgan fingerprint density at radius 3 is 2.56 bits per heavy atom. The van der Waals surface area contributed by atoms with E-state index in [0.717, 1.165) is 25.9 Å². The zero-order valence-electron chi connectivity index (χ0n) is 11.1. The third-order valence-corrected chi connectivity index (χ3v) is 3.63. The first kappa shape index (κ1) is 13.0. The minimum absolute atomic E-state index is 0.190. The molecular formula is C14H21N3O. The highest BCUT2D eigenvalue weighted by Crippen LogP contribution is 2.16. The topological polar surface area (TPSA) is 45.2 Å². The van der Waals surface area contributed by atoms with Crippen LogP contribution in [0.15, 0.2) is 24.5 Å². The zero-order chi connectivity index (χ0) is 13.0. The number of piperidine rings is 1. The van der Waals surface area contributed by atoms with Gasteiger partial charge in [0.1, 0.15) is 0 Å². The molecule has 2 rings (SSSR count). The number of rotatable bonds is 3. The van der Waals surface area contributed by atoms with Crippen molar-refractivity contribution in [3.8, 4) is 0 Å². The molecule has 0 aromatic carbocycles. The molecular weight excluding hydrogens is 226 g/mol. The largest absolute Gasteiger partial charge is 0.343 e. The fourth-order valence-electron chi connectivity index (χ4n) is 2.46. The Morgan fingerprint density at radius 2 is 2.00 bits per heavy atom. The first-order valence-electron chi connectivity index (χ1n) is 6.58. The van der Waals surface area contributed by atoms with Crippen molar-refractivity contribution in [2.75, 3.05) is 13.1 Å². The summed E-state index contributed by atoms with van der Waals surface area (Å²) in [6, 6.07) is 4.93. The minimum Gasteiger partial charge on any atom is -0.343 e. The minimum atomic E-state index is 0.190. The van der Waals surface area contributed by atoms with Crippen LogP contribution in [-0.2, 0) is 4.79 Å². The van der Waals surface area contributed by atoms with Crippen LogP contribution in [-0.4, -0.2) is 34.9 Å². The standard InChI is InChI=1S/C14H21N3O/c1-11(13-3-7-15-8-4-13)16-14-5-9-17(10-6-14)12(2)18/h3-4,7-8,11,14,16H,5-6,9-10H2,1-2H3/t11-/m0/s1. The van der Waals surface area contributed by atoms with Crippen LogP contribution in [0.1, 0.15) is 38.3 Å². The Labute approximate surface area is 108 Å². The lowest BCUT2D eigenvalue weighted by molar-refractivity contribution is -0.129. The fourth-order valence-corrected chi connectivity index (χ4v) is 2.46. The third-order valence-electron chi connectivity index (χ3n) is 3.63. The summed E-state index contributed by atoms with van der Waals surface area (Å²) >= 11 is 0. The van der Waals surface area contributed by atoms with E-state index in [1.807, 2.05) is 29.4 Å². The molecule has 4 heteroatoms. The monoisotopic (exact) mass is 247 g/mol. The maximum atomic E-state index is 11.2. The molecule has 4 nitrogen and oxygen atoms in total. The van der Waals surface area contributed by atoms with Crippen molar-refractivity contribution in [2.45, 2.75) is 38.8 Å². The van der Waals surface area contributed by atoms with Crippen LogP contribution in [0.2, 0.25) is 0 Å². The van der Waals surface area contributed by atoms with Crippen molar-refractivity contribution in [3.63, 3.8) is 0 Å². The summed E-state index contributed by atoms with van der Waals surface area (Å²) in [7, 11) is 0. The smallest absolute Gasteiger partial charge is 0.219 e. The van der Waals surface area contributed by atoms with Gasteiger partial charge in [0, 0.05) is 44.5 Å². The quantitative estimate of drug-likeness (QED) is 0.885. The summed E-state index contributed by atoms with van der Waals surface area (Å²) < 4.78 is 0. The van der Waals surface area contributed by atoms with Gasteiger partial charge in [0.2, 0.25) is 5.91 Å². The van der Waals surface area contributed by atoms with E-state index in [0.29, 0.717) is 12.1 Å². The van der Waals surface area contributed by atoms with Crippen molar-refractivity contribution in [3.05, 3.63) is 30.1 Å². The molecule has 1 saturated heterocycles. The SMILES string of the molecule is CC(=O)N1CCC(N[C@@H](C)c2ccncc2)CC1. The van der Waals surface area contributed by atoms with Crippen molar-refractivity contribution in [1.82, 2.24) is 15.2 Å². The number of hydrogen-bond donors (Lipinski definition) is 1. The van der Waals surface area contributed by atoms with Gasteiger partial charge in [0.25, 0.3) is 0 Å². The van der Waals surface area contributed by atoms with Gasteiger partial charge in [-0.25, -0.2) is 0 Å². The van der Waals surface area contributed by atoms with Gasteiger partial charge < -0.3 is 10.2 Å². The van der Waals surface area contributed by atoms with Crippen LogP contribution in [0, 0.1) is 0 Å². The Morgan fingerprint density at radius 1 is 1.39 bits per heavy atom. The zero-order valence-corrected chi connectivity index (χ0v) is 11.1. The fraction of sp³-hybridized carbons (Fsp3) is 0.571. The molecule has 1 N–H and O–H groups in total. The van der Waals surface area contributed by atoms with Gasteiger partial charge in [-0.3, -0.25) is 9.78 Å². The van der Waals surface area contributed by atoms with Crippen LogP contribution in [0.25, 0.3) is 0 Å². The summed E-state index contributed by atoms with van der Waals surface area (Å²) in [6.45, 7) is 5.56. The number of carbonyl (C=O) groups is 1. The third kappa shape index (κ3) is 3.29. The van der Waals surface area contributed by atoms with E-state index in [2.05, 4.69) is 17.2 Å². The lowest BCUT2D eigenvalue weighted by atomic mass is 10.0. The van der Waals surface area contributed by atoms with Crippen LogP contribution in [0.4, 0.5) is 0 Å². The highest BCUT2D eigenvalue weighted by molar-refractivity contribution is 5.73. The summed E-state index contributed by atoms with van der Waals surface area (Å²) in [5.74, 6) is 0.190. The normalized spacial score (nSPS) is 18.7. The molecule has 18 heavy (non-hydrogen) atoms. The maximum absolute atomic E-state index is 11.2. The summed E-state index contributed by atoms with van der Waals surface area (Å²) in [6.07, 6.45) is 5.72. The molecule has 0 aliphatic carbocycles. The molecule has 1 aliphatic heterocycles. The molecule has 1 aromatic heterocycles. The molecule has 0 saturated carbocycles. The molecule has 1 aromatic rings. The Bertz CT molecular complexity index is 385. The molecule has 0 bridgehead atoms. The number of carbonyl (C=O) groups excluding carboxylic acids is 1. The van der Waals surface area contributed by atoms with Crippen LogP contribution >= 0.6 is 0 Å². The summed E-state index contributed by atoms with van der Waals surface area (Å²) in [5, 5.41) is 3.63. The predicted molar refractivity (Wildman–Crippen MR) is 71.1 cm³/mol. The molecule has 0 spiro atoms. The van der Waals surface area contributed by atoms with E-state index in [4.69, 9.17) is 0 Å². The lowest BCUT2D eigenvalue weighted by Gasteiger charge is -2.33. The number of nitrogens with zero attached hydrogens (tertiary/aromatic N) is 2. The second-order valence-corrected chi connectivity index (χ2v) is 4.95. The predicted octanol–water partition coefficient (Wildman–Crippen LogP) is 1.74. The number of likely N-dealkylation sites (tertiary alicyclic amines) is 1. The highest BCUT2D eigenvalue weighted by atomic mass is 16.2. The van der Waals surface area contributed by atoms with Crippen molar-refractivity contribution >= 4 is 5.91 Å². The van der Waals surface area contributed by atoms with Gasteiger partial charge in [-0.2, -0.15) is 0 Å². The molecule has 1 atom stereocenters. The second kappa shape index (κ2) is 5.96. The van der Waals surface area contributed by atoms with E-state index in [-0.39, 0.29) is 5.91 Å². The number of nitrogens with one attached hydrogen (secondary N) is 1. The molecule has 0 radical (unpaired) electrons. The Kier molecular flexibility index (Phi) is 4.31. The van der Waals surface area contributed by atoms with Gasteiger partial charge in [-0.1, -0.05) is 0 Å². The molecule has 1 aliphatic rings. The van der Waals surface area contributed by atoms with Gasteiger partial charge in [0.05, 0.1) is 0 Å². The molecule has 1 fully saturated rings. The second-order valence-electron chi connectivity index (χ2n) is 4.95. The van der Waals surface area contributed by atoms with Crippen molar-refractivity contribution in [1.29, 1.82) is 0 Å². The lowest BCUT2D eigenvalue weighted by Crippen LogP contribution is -2.44. The summed E-state index contributed by atoms with van der Waals surface area (Å²) in [5.41, 5.74) is 1.26.